The summed E-state index contributed by atoms with van der Waals surface area (Å²) in [6.45, 7) is 8.28. The van der Waals surface area contributed by atoms with Gasteiger partial charge in [-0.05, 0) is 58.4 Å². The topological polar surface area (TPSA) is 64.4 Å². The third-order valence-corrected chi connectivity index (χ3v) is 4.43. The average molecular weight is 433 g/mol. The summed E-state index contributed by atoms with van der Waals surface area (Å²) in [4.78, 5) is 31.6. The van der Waals surface area contributed by atoms with Gasteiger partial charge in [0.05, 0.1) is 11.2 Å². The van der Waals surface area contributed by atoms with Crippen molar-refractivity contribution in [2.75, 3.05) is 11.4 Å². The number of halogens is 3. The number of ether oxygens (including phenoxy) is 1. The van der Waals surface area contributed by atoms with Gasteiger partial charge in [-0.25, -0.2) is 32.4 Å². The Morgan fingerprint density at radius 1 is 1.13 bits per heavy atom. The number of aryl methyl sites for hydroxylation is 1. The minimum absolute atomic E-state index is 0.0268. The van der Waals surface area contributed by atoms with Crippen molar-refractivity contribution in [3.05, 3.63) is 63.7 Å². The minimum atomic E-state index is -0.946. The van der Waals surface area contributed by atoms with E-state index in [1.165, 1.54) is 6.07 Å². The number of amides is 1. The van der Waals surface area contributed by atoms with Crippen molar-refractivity contribution in [2.45, 2.75) is 40.2 Å². The number of hydrogen-bond acceptors (Lipinski definition) is 4. The van der Waals surface area contributed by atoms with Crippen molar-refractivity contribution >= 4 is 22.9 Å². The zero-order valence-electron chi connectivity index (χ0n) is 17.8. The third-order valence-electron chi connectivity index (χ3n) is 4.43. The van der Waals surface area contributed by atoms with E-state index in [0.29, 0.717) is 11.6 Å². The van der Waals surface area contributed by atoms with Crippen LogP contribution in [0.4, 0.5) is 23.9 Å². The van der Waals surface area contributed by atoms with Crippen LogP contribution in [0.2, 0.25) is 0 Å². The quantitative estimate of drug-likeness (QED) is 0.591. The van der Waals surface area contributed by atoms with E-state index in [1.54, 1.807) is 34.6 Å². The summed E-state index contributed by atoms with van der Waals surface area (Å²) in [6, 6.07) is 5.00. The van der Waals surface area contributed by atoms with E-state index in [1.807, 2.05) is 0 Å². The standard InChI is InChI=1S/C22H22F3N3O3/c1-6-27(21(30)31-22(3,4)5)20-26-18-12(2)7-8-16(25)17(18)19(29)28(20)15-10-13(23)9-14(24)11-15/h7-11H,6H2,1-5H3. The van der Waals surface area contributed by atoms with E-state index < -0.39 is 34.7 Å². The number of aromatic nitrogens is 2. The molecule has 31 heavy (non-hydrogen) atoms. The van der Waals surface area contributed by atoms with Crippen molar-refractivity contribution < 1.29 is 22.7 Å². The highest BCUT2D eigenvalue weighted by molar-refractivity contribution is 5.89. The van der Waals surface area contributed by atoms with Gasteiger partial charge >= 0.3 is 6.09 Å². The molecular weight excluding hydrogens is 411 g/mol. The van der Waals surface area contributed by atoms with Crippen molar-refractivity contribution in [3.63, 3.8) is 0 Å². The van der Waals surface area contributed by atoms with E-state index in [-0.39, 0.29) is 29.1 Å². The summed E-state index contributed by atoms with van der Waals surface area (Å²) in [5, 5.41) is -0.353. The second-order valence-corrected chi connectivity index (χ2v) is 7.99. The zero-order chi connectivity index (χ0) is 23.1. The molecule has 1 aromatic heterocycles. The molecule has 0 aliphatic carbocycles. The molecule has 0 unspecified atom stereocenters. The lowest BCUT2D eigenvalue weighted by molar-refractivity contribution is 0.0579. The molecule has 2 aromatic carbocycles. The minimum Gasteiger partial charge on any atom is -0.443 e. The van der Waals surface area contributed by atoms with Gasteiger partial charge in [0.25, 0.3) is 5.56 Å². The van der Waals surface area contributed by atoms with Crippen LogP contribution in [0.3, 0.4) is 0 Å². The summed E-state index contributed by atoms with van der Waals surface area (Å²) in [7, 11) is 0. The molecule has 0 saturated heterocycles. The Labute approximate surface area is 176 Å². The fraction of sp³-hybridized carbons (Fsp3) is 0.318. The predicted octanol–water partition coefficient (Wildman–Crippen LogP) is 4.87. The van der Waals surface area contributed by atoms with Gasteiger partial charge in [0.15, 0.2) is 0 Å². The van der Waals surface area contributed by atoms with Crippen molar-refractivity contribution in [2.24, 2.45) is 0 Å². The molecule has 9 heteroatoms. The van der Waals surface area contributed by atoms with Gasteiger partial charge in [-0.3, -0.25) is 4.79 Å². The maximum Gasteiger partial charge on any atom is 0.417 e. The van der Waals surface area contributed by atoms with Gasteiger partial charge in [0, 0.05) is 12.6 Å². The van der Waals surface area contributed by atoms with E-state index in [2.05, 4.69) is 4.98 Å². The van der Waals surface area contributed by atoms with E-state index in [4.69, 9.17) is 4.74 Å². The Morgan fingerprint density at radius 2 is 1.74 bits per heavy atom. The fourth-order valence-corrected chi connectivity index (χ4v) is 3.12. The van der Waals surface area contributed by atoms with Gasteiger partial charge in [-0.2, -0.15) is 0 Å². The van der Waals surface area contributed by atoms with Gasteiger partial charge in [-0.15, -0.1) is 0 Å². The Balaban J connectivity index is 2.42. The Morgan fingerprint density at radius 3 is 2.29 bits per heavy atom. The number of fused-ring (bicyclic) bond motifs is 1. The van der Waals surface area contributed by atoms with Gasteiger partial charge in [0.1, 0.15) is 28.4 Å². The molecule has 0 aliphatic rings. The molecule has 3 aromatic rings. The summed E-state index contributed by atoms with van der Waals surface area (Å²) in [5.41, 5.74) is -1.47. The predicted molar refractivity (Wildman–Crippen MR) is 111 cm³/mol. The number of benzene rings is 2. The molecule has 0 fully saturated rings. The first-order valence-electron chi connectivity index (χ1n) is 9.61. The highest BCUT2D eigenvalue weighted by Gasteiger charge is 2.28. The molecule has 164 valence electrons. The van der Waals surface area contributed by atoms with Gasteiger partial charge < -0.3 is 4.74 Å². The van der Waals surface area contributed by atoms with Gasteiger partial charge in [0.2, 0.25) is 5.95 Å². The molecule has 0 radical (unpaired) electrons. The molecule has 1 amide bonds. The van der Waals surface area contributed by atoms with Crippen LogP contribution in [0.25, 0.3) is 16.6 Å². The molecule has 0 bridgehead atoms. The number of nitrogens with zero attached hydrogens (tertiary/aromatic N) is 3. The summed E-state index contributed by atoms with van der Waals surface area (Å²) >= 11 is 0. The van der Waals surface area contributed by atoms with Crippen molar-refractivity contribution in [1.82, 2.24) is 9.55 Å². The van der Waals surface area contributed by atoms with Crippen LogP contribution < -0.4 is 10.5 Å². The lowest BCUT2D eigenvalue weighted by Gasteiger charge is -2.27. The lowest BCUT2D eigenvalue weighted by Crippen LogP contribution is -2.40. The molecule has 0 atom stereocenters. The maximum atomic E-state index is 14.6. The van der Waals surface area contributed by atoms with Crippen molar-refractivity contribution in [3.8, 4) is 5.69 Å². The second-order valence-electron chi connectivity index (χ2n) is 7.99. The monoisotopic (exact) mass is 433 g/mol. The highest BCUT2D eigenvalue weighted by atomic mass is 19.1. The maximum absolute atomic E-state index is 14.6. The number of carbonyl (C=O) groups excluding carboxylic acids is 1. The molecule has 0 saturated carbocycles. The summed E-state index contributed by atoms with van der Waals surface area (Å²) in [6.07, 6.45) is -0.819. The number of carbonyl (C=O) groups is 1. The van der Waals surface area contributed by atoms with Crippen molar-refractivity contribution in [1.29, 1.82) is 0 Å². The third kappa shape index (κ3) is 4.40. The normalized spacial score (nSPS) is 11.6. The number of rotatable bonds is 3. The molecule has 0 N–H and O–H groups in total. The first kappa shape index (κ1) is 22.3. The van der Waals surface area contributed by atoms with Crippen LogP contribution in [0.5, 0.6) is 0 Å². The molecular formula is C22H22F3N3O3. The Hall–Kier alpha value is -3.36. The fourth-order valence-electron chi connectivity index (χ4n) is 3.12. The first-order valence-corrected chi connectivity index (χ1v) is 9.61. The van der Waals surface area contributed by atoms with Crippen LogP contribution in [0.1, 0.15) is 33.3 Å². The number of hydrogen-bond donors (Lipinski definition) is 0. The molecule has 6 nitrogen and oxygen atoms in total. The summed E-state index contributed by atoms with van der Waals surface area (Å²) in [5.74, 6) is -2.97. The summed E-state index contributed by atoms with van der Waals surface area (Å²) < 4.78 is 48.7. The first-order chi connectivity index (χ1) is 14.4. The molecule has 1 heterocycles. The van der Waals surface area contributed by atoms with E-state index in [0.717, 1.165) is 27.7 Å². The lowest BCUT2D eigenvalue weighted by atomic mass is 10.1. The highest BCUT2D eigenvalue weighted by Crippen LogP contribution is 2.25. The van der Waals surface area contributed by atoms with Crippen LogP contribution >= 0.6 is 0 Å². The van der Waals surface area contributed by atoms with E-state index >= 15 is 0 Å². The zero-order valence-corrected chi connectivity index (χ0v) is 17.8. The smallest absolute Gasteiger partial charge is 0.417 e. The molecule has 3 rings (SSSR count). The average Bonchev–Trinajstić information content (AvgIpc) is 2.63. The largest absolute Gasteiger partial charge is 0.443 e. The molecule has 0 aliphatic heterocycles. The second kappa shape index (κ2) is 8.05. The SMILES string of the molecule is CCN(C(=O)OC(C)(C)C)c1nc2c(C)ccc(F)c2c(=O)n1-c1cc(F)cc(F)c1. The van der Waals surface area contributed by atoms with Gasteiger partial charge in [-0.1, -0.05) is 6.07 Å². The van der Waals surface area contributed by atoms with Crippen LogP contribution in [0, 0.1) is 24.4 Å². The number of anilines is 1. The molecule has 0 spiro atoms. The Kier molecular flexibility index (Phi) is 5.80. The van der Waals surface area contributed by atoms with Crippen LogP contribution in [0.15, 0.2) is 35.1 Å². The Bertz CT molecular complexity index is 1210. The van der Waals surface area contributed by atoms with Crippen LogP contribution in [-0.4, -0.2) is 27.8 Å². The van der Waals surface area contributed by atoms with E-state index in [9.17, 15) is 22.8 Å². The van der Waals surface area contributed by atoms with Crippen LogP contribution in [-0.2, 0) is 4.74 Å².